The van der Waals surface area contributed by atoms with E-state index in [1.807, 2.05) is 0 Å². The monoisotopic (exact) mass is 341 g/mol. The summed E-state index contributed by atoms with van der Waals surface area (Å²) in [4.78, 5) is 11.4. The van der Waals surface area contributed by atoms with Crippen LogP contribution in [0, 0.1) is 0 Å². The fourth-order valence-corrected chi connectivity index (χ4v) is 1.77. The number of rotatable bonds is 14. The van der Waals surface area contributed by atoms with Gasteiger partial charge in [0, 0.05) is 25.8 Å². The van der Waals surface area contributed by atoms with E-state index in [-0.39, 0.29) is 12.5 Å². The number of nitrogens with one attached hydrogen (secondary N) is 1. The van der Waals surface area contributed by atoms with Crippen LogP contribution in [0.2, 0.25) is 0 Å². The molecule has 2 N–H and O–H groups in total. The van der Waals surface area contributed by atoms with Crippen LogP contribution in [0.4, 0.5) is 0 Å². The summed E-state index contributed by atoms with van der Waals surface area (Å²) in [6.07, 6.45) is 0.650. The lowest BCUT2D eigenvalue weighted by Gasteiger charge is -2.08. The Morgan fingerprint density at radius 3 is 2.00 bits per heavy atom. The molecule has 1 rings (SSSR count). The molecule has 0 heterocycles. The van der Waals surface area contributed by atoms with Crippen molar-refractivity contribution in [2.75, 3.05) is 59.9 Å². The number of aliphatic hydroxyl groups is 1. The normalized spacial score (nSPS) is 10.6. The number of ether oxygens (including phenoxy) is 4. The highest BCUT2D eigenvalue weighted by atomic mass is 16.6. The van der Waals surface area contributed by atoms with E-state index in [1.54, 1.807) is 31.3 Å². The minimum Gasteiger partial charge on any atom is -0.491 e. The molecule has 0 saturated carbocycles. The molecular formula is C17H27NO6. The Morgan fingerprint density at radius 2 is 1.46 bits per heavy atom. The maximum atomic E-state index is 11.4. The van der Waals surface area contributed by atoms with E-state index in [0.29, 0.717) is 64.0 Å². The van der Waals surface area contributed by atoms with Gasteiger partial charge in [-0.25, -0.2) is 0 Å². The summed E-state index contributed by atoms with van der Waals surface area (Å²) in [5, 5.41) is 11.1. The van der Waals surface area contributed by atoms with Gasteiger partial charge in [0.05, 0.1) is 33.0 Å². The van der Waals surface area contributed by atoms with Crippen molar-refractivity contribution in [3.8, 4) is 5.75 Å². The van der Waals surface area contributed by atoms with Gasteiger partial charge in [0.25, 0.3) is 5.91 Å². The molecule has 7 nitrogen and oxygen atoms in total. The Labute approximate surface area is 142 Å². The number of hydrogen-bond acceptors (Lipinski definition) is 6. The molecule has 0 saturated heterocycles. The van der Waals surface area contributed by atoms with Crippen LogP contribution in [0.5, 0.6) is 5.75 Å². The first-order chi connectivity index (χ1) is 11.8. The Hall–Kier alpha value is -1.67. The van der Waals surface area contributed by atoms with Gasteiger partial charge < -0.3 is 29.4 Å². The van der Waals surface area contributed by atoms with Crippen LogP contribution in [-0.4, -0.2) is 70.9 Å². The van der Waals surface area contributed by atoms with E-state index < -0.39 is 0 Å². The van der Waals surface area contributed by atoms with Crippen LogP contribution in [0.1, 0.15) is 16.8 Å². The van der Waals surface area contributed by atoms with Crippen molar-refractivity contribution in [3.63, 3.8) is 0 Å². The molecule has 1 amide bonds. The van der Waals surface area contributed by atoms with Crippen molar-refractivity contribution < 1.29 is 28.8 Å². The summed E-state index contributed by atoms with van der Waals surface area (Å²) in [6.45, 7) is 3.64. The number of amides is 1. The fraction of sp³-hybridized carbons (Fsp3) is 0.588. The number of carbonyl (C=O) groups excluding carboxylic acids is 1. The highest BCUT2D eigenvalue weighted by Gasteiger charge is 2.02. The maximum absolute atomic E-state index is 11.4. The second-order valence-electron chi connectivity index (χ2n) is 4.87. The van der Waals surface area contributed by atoms with Crippen molar-refractivity contribution in [2.24, 2.45) is 0 Å². The largest absolute Gasteiger partial charge is 0.491 e. The zero-order valence-electron chi connectivity index (χ0n) is 14.2. The summed E-state index contributed by atoms with van der Waals surface area (Å²) in [5.74, 6) is 0.575. The van der Waals surface area contributed by atoms with Crippen molar-refractivity contribution in [1.82, 2.24) is 5.32 Å². The molecule has 136 valence electrons. The standard InChI is InChI=1S/C17H27NO6/c1-18-17(20)15-3-5-16(6-4-15)24-14-13-23-12-11-22-10-9-21-8-2-7-19/h3-6,19H,2,7-14H2,1H3,(H,18,20). The first-order valence-corrected chi connectivity index (χ1v) is 8.07. The number of hydrogen-bond donors (Lipinski definition) is 2. The van der Waals surface area contributed by atoms with E-state index in [4.69, 9.17) is 24.1 Å². The molecule has 0 fully saturated rings. The quantitative estimate of drug-likeness (QED) is 0.488. The van der Waals surface area contributed by atoms with Crippen LogP contribution in [0.25, 0.3) is 0 Å². The van der Waals surface area contributed by atoms with Gasteiger partial charge in [-0.3, -0.25) is 4.79 Å². The SMILES string of the molecule is CNC(=O)c1ccc(OCCOCCOCCOCCCO)cc1. The zero-order chi connectivity index (χ0) is 17.5. The lowest BCUT2D eigenvalue weighted by molar-refractivity contribution is 0.00752. The Morgan fingerprint density at radius 1 is 0.917 bits per heavy atom. The maximum Gasteiger partial charge on any atom is 0.251 e. The second kappa shape index (κ2) is 13.7. The predicted molar refractivity (Wildman–Crippen MR) is 89.5 cm³/mol. The molecule has 0 unspecified atom stereocenters. The number of carbonyl (C=O) groups is 1. The van der Waals surface area contributed by atoms with E-state index >= 15 is 0 Å². The highest BCUT2D eigenvalue weighted by Crippen LogP contribution is 2.11. The molecule has 0 aliphatic carbocycles. The summed E-state index contributed by atoms with van der Waals surface area (Å²) in [7, 11) is 1.60. The molecular weight excluding hydrogens is 314 g/mol. The van der Waals surface area contributed by atoms with Gasteiger partial charge in [0.2, 0.25) is 0 Å². The Kier molecular flexibility index (Phi) is 11.7. The lowest BCUT2D eigenvalue weighted by atomic mass is 10.2. The van der Waals surface area contributed by atoms with Crippen molar-refractivity contribution in [2.45, 2.75) is 6.42 Å². The number of aliphatic hydroxyl groups excluding tert-OH is 1. The van der Waals surface area contributed by atoms with E-state index in [1.165, 1.54) is 0 Å². The van der Waals surface area contributed by atoms with E-state index in [2.05, 4.69) is 5.32 Å². The van der Waals surface area contributed by atoms with Gasteiger partial charge in [0.1, 0.15) is 12.4 Å². The fourth-order valence-electron chi connectivity index (χ4n) is 1.77. The van der Waals surface area contributed by atoms with Gasteiger partial charge in [-0.1, -0.05) is 0 Å². The molecule has 7 heteroatoms. The summed E-state index contributed by atoms with van der Waals surface area (Å²) < 4.78 is 21.5. The van der Waals surface area contributed by atoms with Gasteiger partial charge in [-0.2, -0.15) is 0 Å². The van der Waals surface area contributed by atoms with Crippen molar-refractivity contribution >= 4 is 5.91 Å². The van der Waals surface area contributed by atoms with Crippen LogP contribution in [0.15, 0.2) is 24.3 Å². The summed E-state index contributed by atoms with van der Waals surface area (Å²) >= 11 is 0. The minimum atomic E-state index is -0.122. The third-order valence-corrected chi connectivity index (χ3v) is 3.03. The molecule has 0 aliphatic rings. The van der Waals surface area contributed by atoms with Crippen molar-refractivity contribution in [3.05, 3.63) is 29.8 Å². The average molecular weight is 341 g/mol. The molecule has 1 aromatic carbocycles. The Balaban J connectivity index is 1.94. The smallest absolute Gasteiger partial charge is 0.251 e. The molecule has 0 aromatic heterocycles. The minimum absolute atomic E-state index is 0.122. The van der Waals surface area contributed by atoms with Crippen LogP contribution in [0.3, 0.4) is 0 Å². The first kappa shape index (κ1) is 20.4. The zero-order valence-corrected chi connectivity index (χ0v) is 14.2. The Bertz CT molecular complexity index is 437. The summed E-state index contributed by atoms with van der Waals surface area (Å²) in [6, 6.07) is 6.94. The van der Waals surface area contributed by atoms with Crippen LogP contribution in [-0.2, 0) is 14.2 Å². The van der Waals surface area contributed by atoms with Gasteiger partial charge in [-0.15, -0.1) is 0 Å². The van der Waals surface area contributed by atoms with Gasteiger partial charge in [-0.05, 0) is 30.7 Å². The molecule has 0 atom stereocenters. The lowest BCUT2D eigenvalue weighted by Crippen LogP contribution is -2.17. The average Bonchev–Trinajstić information content (AvgIpc) is 2.62. The van der Waals surface area contributed by atoms with Gasteiger partial charge in [0.15, 0.2) is 0 Å². The highest BCUT2D eigenvalue weighted by molar-refractivity contribution is 5.94. The predicted octanol–water partition coefficient (Wildman–Crippen LogP) is 0.857. The number of benzene rings is 1. The topological polar surface area (TPSA) is 86.3 Å². The third kappa shape index (κ3) is 9.46. The van der Waals surface area contributed by atoms with Gasteiger partial charge >= 0.3 is 0 Å². The van der Waals surface area contributed by atoms with Crippen molar-refractivity contribution in [1.29, 1.82) is 0 Å². The molecule has 0 aliphatic heterocycles. The molecule has 0 bridgehead atoms. The first-order valence-electron chi connectivity index (χ1n) is 8.07. The van der Waals surface area contributed by atoms with E-state index in [0.717, 1.165) is 0 Å². The van der Waals surface area contributed by atoms with Crippen LogP contribution >= 0.6 is 0 Å². The molecule has 1 aromatic rings. The third-order valence-electron chi connectivity index (χ3n) is 3.03. The van der Waals surface area contributed by atoms with E-state index in [9.17, 15) is 4.79 Å². The van der Waals surface area contributed by atoms with Crippen LogP contribution < -0.4 is 10.1 Å². The second-order valence-corrected chi connectivity index (χ2v) is 4.87. The molecule has 0 radical (unpaired) electrons. The molecule has 24 heavy (non-hydrogen) atoms. The molecule has 0 spiro atoms. The summed E-state index contributed by atoms with van der Waals surface area (Å²) in [5.41, 5.74) is 0.596.